The van der Waals surface area contributed by atoms with Gasteiger partial charge in [0.2, 0.25) is 0 Å². The summed E-state index contributed by atoms with van der Waals surface area (Å²) >= 11 is 0. The van der Waals surface area contributed by atoms with Crippen molar-refractivity contribution >= 4 is 10.8 Å². The van der Waals surface area contributed by atoms with Gasteiger partial charge in [-0.1, -0.05) is 12.1 Å². The zero-order valence-corrected chi connectivity index (χ0v) is 13.2. The van der Waals surface area contributed by atoms with Crippen molar-refractivity contribution in [2.75, 3.05) is 18.6 Å². The lowest BCUT2D eigenvalue weighted by Crippen LogP contribution is -2.41. The van der Waals surface area contributed by atoms with Crippen LogP contribution < -0.4 is 10.1 Å². The van der Waals surface area contributed by atoms with Gasteiger partial charge in [0.25, 0.3) is 0 Å². The van der Waals surface area contributed by atoms with Gasteiger partial charge >= 0.3 is 0 Å². The minimum absolute atomic E-state index is 0.508. The van der Waals surface area contributed by atoms with Gasteiger partial charge in [-0.2, -0.15) is 0 Å². The molecular formula is C16H25NO2S. The summed E-state index contributed by atoms with van der Waals surface area (Å²) in [4.78, 5) is 0. The Balaban J connectivity index is 1.71. The first-order valence-electron chi connectivity index (χ1n) is 7.41. The molecule has 1 heterocycles. The van der Waals surface area contributed by atoms with Crippen molar-refractivity contribution in [1.82, 2.24) is 5.32 Å². The lowest BCUT2D eigenvalue weighted by Gasteiger charge is -2.26. The van der Waals surface area contributed by atoms with Crippen LogP contribution in [0.4, 0.5) is 0 Å². The molecule has 0 spiro atoms. The highest BCUT2D eigenvalue weighted by Gasteiger charge is 2.18. The Morgan fingerprint density at radius 3 is 2.55 bits per heavy atom. The third kappa shape index (κ3) is 4.91. The van der Waals surface area contributed by atoms with E-state index in [9.17, 15) is 4.21 Å². The van der Waals surface area contributed by atoms with Crippen LogP contribution in [0.25, 0.3) is 0 Å². The minimum atomic E-state index is -0.564. The maximum atomic E-state index is 11.3. The highest BCUT2D eigenvalue weighted by molar-refractivity contribution is 7.85. The Labute approximate surface area is 124 Å². The smallest absolute Gasteiger partial charge is 0.118 e. The number of aryl methyl sites for hydroxylation is 1. The van der Waals surface area contributed by atoms with E-state index >= 15 is 0 Å². The van der Waals surface area contributed by atoms with Gasteiger partial charge in [0.05, 0.1) is 7.11 Å². The number of methoxy groups -OCH3 is 1. The van der Waals surface area contributed by atoms with Crippen LogP contribution in [0.15, 0.2) is 24.3 Å². The van der Waals surface area contributed by atoms with Gasteiger partial charge in [0.1, 0.15) is 5.75 Å². The van der Waals surface area contributed by atoms with E-state index in [1.54, 1.807) is 7.11 Å². The van der Waals surface area contributed by atoms with E-state index < -0.39 is 10.8 Å². The van der Waals surface area contributed by atoms with Gasteiger partial charge in [-0.3, -0.25) is 4.21 Å². The first-order valence-corrected chi connectivity index (χ1v) is 8.90. The molecule has 1 aromatic carbocycles. The Hall–Kier alpha value is -0.870. The third-order valence-corrected chi connectivity index (χ3v) is 5.32. The second-order valence-corrected chi connectivity index (χ2v) is 7.27. The molecule has 1 aromatic rings. The van der Waals surface area contributed by atoms with Crippen molar-refractivity contribution in [1.29, 1.82) is 0 Å². The maximum absolute atomic E-state index is 11.3. The maximum Gasteiger partial charge on any atom is 0.118 e. The van der Waals surface area contributed by atoms with E-state index in [4.69, 9.17) is 4.74 Å². The van der Waals surface area contributed by atoms with Crippen molar-refractivity contribution in [3.05, 3.63) is 29.8 Å². The summed E-state index contributed by atoms with van der Waals surface area (Å²) in [5, 5.41) is 3.67. The first-order chi connectivity index (χ1) is 9.67. The Kier molecular flexibility index (Phi) is 6.05. The average molecular weight is 295 g/mol. The van der Waals surface area contributed by atoms with Crippen molar-refractivity contribution in [3.8, 4) is 5.75 Å². The van der Waals surface area contributed by atoms with Crippen LogP contribution in [0.3, 0.4) is 0 Å². The second-order valence-electron chi connectivity index (χ2n) is 5.58. The number of benzene rings is 1. The molecule has 1 N–H and O–H groups in total. The quantitative estimate of drug-likeness (QED) is 0.876. The predicted octanol–water partition coefficient (Wildman–Crippen LogP) is 2.52. The second kappa shape index (κ2) is 7.79. The highest BCUT2D eigenvalue weighted by Crippen LogP contribution is 2.14. The zero-order chi connectivity index (χ0) is 14.4. The lowest BCUT2D eigenvalue weighted by atomic mass is 10.0. The van der Waals surface area contributed by atoms with Gasteiger partial charge in [0, 0.05) is 34.4 Å². The molecule has 112 valence electrons. The Bertz CT molecular complexity index is 423. The first kappa shape index (κ1) is 15.5. The number of rotatable bonds is 6. The standard InChI is InChI=1S/C16H25NO2S/c1-13(17-15-9-11-20(18)12-10-15)3-4-14-5-7-16(19-2)8-6-14/h5-8,13,15,17H,3-4,9-12H2,1-2H3. The molecule has 3 nitrogen and oxygen atoms in total. The fourth-order valence-corrected chi connectivity index (χ4v) is 3.92. The van der Waals surface area contributed by atoms with E-state index in [1.807, 2.05) is 12.1 Å². The van der Waals surface area contributed by atoms with Crippen molar-refractivity contribution < 1.29 is 8.95 Å². The number of nitrogens with one attached hydrogen (secondary N) is 1. The molecule has 1 unspecified atom stereocenters. The van der Waals surface area contributed by atoms with Gasteiger partial charge in [0.15, 0.2) is 0 Å². The van der Waals surface area contributed by atoms with Crippen molar-refractivity contribution in [2.45, 2.75) is 44.7 Å². The van der Waals surface area contributed by atoms with Crippen LogP contribution in [-0.2, 0) is 17.2 Å². The molecular weight excluding hydrogens is 270 g/mol. The van der Waals surface area contributed by atoms with Crippen LogP contribution in [0.1, 0.15) is 31.7 Å². The summed E-state index contributed by atoms with van der Waals surface area (Å²) in [6.45, 7) is 2.25. The van der Waals surface area contributed by atoms with Gasteiger partial charge in [-0.15, -0.1) is 0 Å². The molecule has 0 amide bonds. The van der Waals surface area contributed by atoms with Gasteiger partial charge < -0.3 is 10.1 Å². The topological polar surface area (TPSA) is 38.3 Å². The number of hydrogen-bond acceptors (Lipinski definition) is 3. The summed E-state index contributed by atoms with van der Waals surface area (Å²) in [6.07, 6.45) is 4.32. The van der Waals surface area contributed by atoms with Crippen LogP contribution >= 0.6 is 0 Å². The van der Waals surface area contributed by atoms with E-state index in [1.165, 1.54) is 5.56 Å². The zero-order valence-electron chi connectivity index (χ0n) is 12.4. The third-order valence-electron chi connectivity index (χ3n) is 3.93. The molecule has 20 heavy (non-hydrogen) atoms. The van der Waals surface area contributed by atoms with Crippen molar-refractivity contribution in [3.63, 3.8) is 0 Å². The fourth-order valence-electron chi connectivity index (χ4n) is 2.62. The number of hydrogen-bond donors (Lipinski definition) is 1. The summed E-state index contributed by atoms with van der Waals surface area (Å²) < 4.78 is 16.5. The van der Waals surface area contributed by atoms with Gasteiger partial charge in [-0.25, -0.2) is 0 Å². The summed E-state index contributed by atoms with van der Waals surface area (Å²) in [5.41, 5.74) is 1.35. The SMILES string of the molecule is COc1ccc(CCC(C)NC2CCS(=O)CC2)cc1. The summed E-state index contributed by atoms with van der Waals surface area (Å²) in [7, 11) is 1.13. The van der Waals surface area contributed by atoms with E-state index in [-0.39, 0.29) is 0 Å². The summed E-state index contributed by atoms with van der Waals surface area (Å²) in [5.74, 6) is 2.64. The molecule has 4 heteroatoms. The molecule has 1 saturated heterocycles. The van der Waals surface area contributed by atoms with E-state index in [0.29, 0.717) is 12.1 Å². The predicted molar refractivity (Wildman–Crippen MR) is 84.8 cm³/mol. The molecule has 0 aromatic heterocycles. The molecule has 1 fully saturated rings. The number of ether oxygens (including phenoxy) is 1. The van der Waals surface area contributed by atoms with Gasteiger partial charge in [-0.05, 0) is 50.3 Å². The van der Waals surface area contributed by atoms with Crippen LogP contribution in [0.2, 0.25) is 0 Å². The van der Waals surface area contributed by atoms with Crippen LogP contribution in [-0.4, -0.2) is 34.9 Å². The minimum Gasteiger partial charge on any atom is -0.497 e. The Morgan fingerprint density at radius 1 is 1.30 bits per heavy atom. The van der Waals surface area contributed by atoms with Crippen LogP contribution in [0, 0.1) is 0 Å². The summed E-state index contributed by atoms with van der Waals surface area (Å²) in [6, 6.07) is 9.37. The van der Waals surface area contributed by atoms with E-state index in [2.05, 4.69) is 24.4 Å². The van der Waals surface area contributed by atoms with Crippen LogP contribution in [0.5, 0.6) is 5.75 Å². The molecule has 0 saturated carbocycles. The van der Waals surface area contributed by atoms with E-state index in [0.717, 1.165) is 42.9 Å². The molecule has 0 aliphatic carbocycles. The molecule has 1 aliphatic rings. The molecule has 0 bridgehead atoms. The molecule has 2 rings (SSSR count). The molecule has 1 atom stereocenters. The van der Waals surface area contributed by atoms with Crippen molar-refractivity contribution in [2.24, 2.45) is 0 Å². The average Bonchev–Trinajstić information content (AvgIpc) is 2.48. The Morgan fingerprint density at radius 2 is 1.95 bits per heavy atom. The molecule has 0 radical (unpaired) electrons. The fraction of sp³-hybridized carbons (Fsp3) is 0.625. The largest absolute Gasteiger partial charge is 0.497 e. The molecule has 1 aliphatic heterocycles. The lowest BCUT2D eigenvalue weighted by molar-refractivity contribution is 0.404. The normalized spacial score (nSPS) is 24.3. The highest BCUT2D eigenvalue weighted by atomic mass is 32.2. The monoisotopic (exact) mass is 295 g/mol.